The zero-order valence-electron chi connectivity index (χ0n) is 10.2. The van der Waals surface area contributed by atoms with Crippen molar-refractivity contribution >= 4 is 40.1 Å². The maximum Gasteiger partial charge on any atom is 0.242 e. The highest BCUT2D eigenvalue weighted by atomic mass is 35.5. The monoisotopic (exact) mass is 285 g/mol. The molecule has 0 spiro atoms. The third kappa shape index (κ3) is 2.31. The van der Waals surface area contributed by atoms with Crippen molar-refractivity contribution in [3.8, 4) is 0 Å². The lowest BCUT2D eigenvalue weighted by molar-refractivity contribution is -0.129. The van der Waals surface area contributed by atoms with Crippen LogP contribution in [0.5, 0.6) is 0 Å². The Hall–Kier alpha value is -1.26. The number of hydrogen-bond donors (Lipinski definition) is 0. The third-order valence-electron chi connectivity index (χ3n) is 2.72. The predicted molar refractivity (Wildman–Crippen MR) is 73.0 cm³/mol. The molecule has 0 atom stereocenters. The number of carbonyl (C=O) groups is 1. The van der Waals surface area contributed by atoms with Crippen LogP contribution in [0.3, 0.4) is 0 Å². The molecule has 2 aromatic rings. The Morgan fingerprint density at radius 2 is 2.17 bits per heavy atom. The van der Waals surface area contributed by atoms with Gasteiger partial charge in [0.15, 0.2) is 0 Å². The van der Waals surface area contributed by atoms with E-state index in [0.29, 0.717) is 16.4 Å². The van der Waals surface area contributed by atoms with Gasteiger partial charge in [0, 0.05) is 14.1 Å². The van der Waals surface area contributed by atoms with Crippen molar-refractivity contribution in [2.24, 2.45) is 0 Å². The molecule has 6 heteroatoms. The number of halogens is 2. The van der Waals surface area contributed by atoms with Crippen molar-refractivity contribution in [3.05, 3.63) is 29.0 Å². The van der Waals surface area contributed by atoms with Gasteiger partial charge in [0.2, 0.25) is 5.91 Å². The molecule has 0 saturated carbocycles. The third-order valence-corrected chi connectivity index (χ3v) is 3.26. The van der Waals surface area contributed by atoms with Gasteiger partial charge in [0.25, 0.3) is 0 Å². The number of amides is 1. The Labute approximate surface area is 115 Å². The molecule has 0 aliphatic rings. The molecule has 1 aromatic carbocycles. The van der Waals surface area contributed by atoms with Crippen LogP contribution in [0.2, 0.25) is 5.02 Å². The fourth-order valence-electron chi connectivity index (χ4n) is 1.72. The van der Waals surface area contributed by atoms with Crippen molar-refractivity contribution in [3.63, 3.8) is 0 Å². The van der Waals surface area contributed by atoms with E-state index in [4.69, 9.17) is 23.2 Å². The smallest absolute Gasteiger partial charge is 0.242 e. The van der Waals surface area contributed by atoms with Crippen LogP contribution < -0.4 is 0 Å². The normalized spacial score (nSPS) is 10.9. The van der Waals surface area contributed by atoms with E-state index < -0.39 is 0 Å². The Kier molecular flexibility index (Phi) is 3.78. The zero-order valence-corrected chi connectivity index (χ0v) is 11.7. The zero-order chi connectivity index (χ0) is 13.3. The quantitative estimate of drug-likeness (QED) is 0.813. The number of nitrogens with zero attached hydrogens (tertiary/aromatic N) is 3. The maximum absolute atomic E-state index is 11.8. The first kappa shape index (κ1) is 13.2. The van der Waals surface area contributed by atoms with Gasteiger partial charge in [-0.2, -0.15) is 0 Å². The van der Waals surface area contributed by atoms with E-state index in [1.807, 2.05) is 12.1 Å². The summed E-state index contributed by atoms with van der Waals surface area (Å²) in [5.41, 5.74) is 1.51. The number of para-hydroxylation sites is 1. The molecule has 1 aromatic heterocycles. The molecule has 0 N–H and O–H groups in total. The highest BCUT2D eigenvalue weighted by Gasteiger charge is 2.15. The molecule has 0 aliphatic heterocycles. The van der Waals surface area contributed by atoms with Crippen LogP contribution in [0, 0.1) is 0 Å². The number of aromatic nitrogens is 2. The minimum atomic E-state index is -0.0133. The summed E-state index contributed by atoms with van der Waals surface area (Å²) in [6.07, 6.45) is 0. The van der Waals surface area contributed by atoms with Crippen LogP contribution in [0.15, 0.2) is 18.2 Å². The SMILES string of the molecule is CN(C)C(=O)Cn1c(CCl)nc2c(Cl)cccc21. The van der Waals surface area contributed by atoms with Gasteiger partial charge in [-0.15, -0.1) is 11.6 Å². The average Bonchev–Trinajstić information content (AvgIpc) is 2.69. The lowest BCUT2D eigenvalue weighted by Crippen LogP contribution is -2.26. The van der Waals surface area contributed by atoms with Gasteiger partial charge in [0.1, 0.15) is 17.9 Å². The fourth-order valence-corrected chi connectivity index (χ4v) is 2.13. The van der Waals surface area contributed by atoms with Crippen LogP contribution in [0.4, 0.5) is 0 Å². The predicted octanol–water partition coefficient (Wildman–Crippen LogP) is 2.52. The highest BCUT2D eigenvalue weighted by molar-refractivity contribution is 6.35. The van der Waals surface area contributed by atoms with Gasteiger partial charge < -0.3 is 9.47 Å². The van der Waals surface area contributed by atoms with Crippen LogP contribution >= 0.6 is 23.2 Å². The number of carbonyl (C=O) groups excluding carboxylic acids is 1. The van der Waals surface area contributed by atoms with Gasteiger partial charge in [0.05, 0.1) is 16.4 Å². The molecular formula is C12H13Cl2N3O. The minimum absolute atomic E-state index is 0.0133. The molecule has 1 amide bonds. The number of rotatable bonds is 3. The summed E-state index contributed by atoms with van der Waals surface area (Å²) < 4.78 is 1.80. The van der Waals surface area contributed by atoms with Crippen molar-refractivity contribution in [2.45, 2.75) is 12.4 Å². The molecule has 4 nitrogen and oxygen atoms in total. The van der Waals surface area contributed by atoms with Crippen LogP contribution in [-0.2, 0) is 17.2 Å². The van der Waals surface area contributed by atoms with E-state index in [0.717, 1.165) is 5.52 Å². The molecule has 2 rings (SSSR count). The first-order valence-corrected chi connectivity index (χ1v) is 6.35. The minimum Gasteiger partial charge on any atom is -0.347 e. The number of benzene rings is 1. The molecule has 18 heavy (non-hydrogen) atoms. The number of hydrogen-bond acceptors (Lipinski definition) is 2. The van der Waals surface area contributed by atoms with E-state index in [1.165, 1.54) is 4.90 Å². The Balaban J connectivity index is 2.54. The second-order valence-corrected chi connectivity index (χ2v) is 4.82. The first-order valence-electron chi connectivity index (χ1n) is 5.44. The summed E-state index contributed by atoms with van der Waals surface area (Å²) in [6, 6.07) is 5.49. The van der Waals surface area contributed by atoms with E-state index in [1.54, 1.807) is 24.7 Å². The molecular weight excluding hydrogens is 273 g/mol. The van der Waals surface area contributed by atoms with E-state index >= 15 is 0 Å². The largest absolute Gasteiger partial charge is 0.347 e. The molecule has 0 aliphatic carbocycles. The Bertz CT molecular complexity index is 592. The van der Waals surface area contributed by atoms with Crippen molar-refractivity contribution in [1.29, 1.82) is 0 Å². The molecule has 1 heterocycles. The van der Waals surface area contributed by atoms with Crippen molar-refractivity contribution in [1.82, 2.24) is 14.5 Å². The number of likely N-dealkylation sites (N-methyl/N-ethyl adjacent to an activating group) is 1. The van der Waals surface area contributed by atoms with E-state index in [2.05, 4.69) is 4.98 Å². The summed E-state index contributed by atoms with van der Waals surface area (Å²) in [6.45, 7) is 0.214. The number of alkyl halides is 1. The average molecular weight is 286 g/mol. The Morgan fingerprint density at radius 3 is 2.78 bits per heavy atom. The van der Waals surface area contributed by atoms with Gasteiger partial charge in [-0.3, -0.25) is 4.79 Å². The molecule has 0 fully saturated rings. The van der Waals surface area contributed by atoms with Crippen LogP contribution in [-0.4, -0.2) is 34.5 Å². The van der Waals surface area contributed by atoms with E-state index in [-0.39, 0.29) is 18.3 Å². The summed E-state index contributed by atoms with van der Waals surface area (Å²) in [7, 11) is 3.43. The molecule has 0 unspecified atom stereocenters. The second-order valence-electron chi connectivity index (χ2n) is 4.14. The Morgan fingerprint density at radius 1 is 1.44 bits per heavy atom. The second kappa shape index (κ2) is 5.16. The van der Waals surface area contributed by atoms with Crippen LogP contribution in [0.25, 0.3) is 11.0 Å². The summed E-state index contributed by atoms with van der Waals surface area (Å²) in [5, 5.41) is 0.565. The molecule has 0 radical (unpaired) electrons. The topological polar surface area (TPSA) is 38.1 Å². The molecule has 0 bridgehead atoms. The maximum atomic E-state index is 11.8. The summed E-state index contributed by atoms with van der Waals surface area (Å²) in [4.78, 5) is 17.7. The van der Waals surface area contributed by atoms with E-state index in [9.17, 15) is 4.79 Å². The van der Waals surface area contributed by atoms with Crippen molar-refractivity contribution < 1.29 is 4.79 Å². The lowest BCUT2D eigenvalue weighted by Gasteiger charge is -2.12. The first-order chi connectivity index (χ1) is 8.54. The number of imidazole rings is 1. The van der Waals surface area contributed by atoms with Crippen LogP contribution in [0.1, 0.15) is 5.82 Å². The highest BCUT2D eigenvalue weighted by Crippen LogP contribution is 2.24. The standard InChI is InChI=1S/C12H13Cl2N3O/c1-16(2)11(18)7-17-9-5-3-4-8(14)12(9)15-10(17)6-13/h3-5H,6-7H2,1-2H3. The number of fused-ring (bicyclic) bond motifs is 1. The summed E-state index contributed by atoms with van der Waals surface area (Å²) >= 11 is 12.0. The van der Waals surface area contributed by atoms with Gasteiger partial charge in [-0.05, 0) is 12.1 Å². The summed E-state index contributed by atoms with van der Waals surface area (Å²) in [5.74, 6) is 0.877. The van der Waals surface area contributed by atoms with Gasteiger partial charge >= 0.3 is 0 Å². The lowest BCUT2D eigenvalue weighted by atomic mass is 10.3. The van der Waals surface area contributed by atoms with Crippen molar-refractivity contribution in [2.75, 3.05) is 14.1 Å². The molecule has 0 saturated heterocycles. The van der Waals surface area contributed by atoms with Gasteiger partial charge in [-0.1, -0.05) is 17.7 Å². The fraction of sp³-hybridized carbons (Fsp3) is 0.333. The van der Waals surface area contributed by atoms with Gasteiger partial charge in [-0.25, -0.2) is 4.98 Å². The molecule has 96 valence electrons.